The molecule has 0 saturated carbocycles. The Hall–Kier alpha value is -0.941. The average Bonchev–Trinajstić information content (AvgIpc) is 2.35. The first kappa shape index (κ1) is 4.89. The first-order valence-corrected chi connectivity index (χ1v) is 3.84. The van der Waals surface area contributed by atoms with Gasteiger partial charge in [-0.3, -0.25) is 0 Å². The van der Waals surface area contributed by atoms with Crippen LogP contribution in [0.5, 0.6) is 0 Å². The van der Waals surface area contributed by atoms with Gasteiger partial charge in [0.25, 0.3) is 0 Å². The van der Waals surface area contributed by atoms with Gasteiger partial charge in [0.1, 0.15) is 0 Å². The van der Waals surface area contributed by atoms with E-state index < -0.39 is 0 Å². The summed E-state index contributed by atoms with van der Waals surface area (Å²) in [6.45, 7) is 0. The summed E-state index contributed by atoms with van der Waals surface area (Å²) in [6, 6.07) is 0. The molecular weight excluding hydrogens is 187 g/mol. The Balaban J connectivity index is 2.67. The molecule has 0 bridgehead atoms. The van der Waals surface area contributed by atoms with Crippen molar-refractivity contribution in [3.63, 3.8) is 0 Å². The van der Waals surface area contributed by atoms with Crippen molar-refractivity contribution in [3.8, 4) is 0 Å². The monoisotopic (exact) mass is 191 g/mol. The van der Waals surface area contributed by atoms with E-state index in [2.05, 4.69) is 18.6 Å². The summed E-state index contributed by atoms with van der Waals surface area (Å²) in [6.07, 6.45) is 0. The quantitative estimate of drug-likeness (QED) is 0.506. The van der Waals surface area contributed by atoms with Crippen molar-refractivity contribution in [1.82, 2.24) is 14.9 Å². The van der Waals surface area contributed by atoms with Gasteiger partial charge in [-0.1, -0.05) is 0 Å². The number of hydrogen-bond donors (Lipinski definition) is 2. The molecule has 0 saturated heterocycles. The van der Waals surface area contributed by atoms with E-state index in [0.29, 0.717) is 11.9 Å². The molecule has 0 aliphatic carbocycles. The number of hydrogen-bond acceptors (Lipinski definition) is 5. The molecule has 1 aromatic rings. The van der Waals surface area contributed by atoms with E-state index in [1.54, 1.807) is 0 Å². The van der Waals surface area contributed by atoms with Crippen LogP contribution in [0.4, 0.5) is 11.9 Å². The number of rotatable bonds is 0. The summed E-state index contributed by atoms with van der Waals surface area (Å²) in [5, 5.41) is 7.28. The first-order valence-electron chi connectivity index (χ1n) is 2.22. The molecule has 0 spiro atoms. The number of nitrogens with zero attached hydrogens (tertiary/aromatic N) is 4. The number of nitrogens with one attached hydrogen (secondary N) is 1. The van der Waals surface area contributed by atoms with E-state index in [-0.39, 0.29) is 15.0 Å². The number of anilines is 2. The van der Waals surface area contributed by atoms with Gasteiger partial charge in [0, 0.05) is 0 Å². The molecule has 0 amide bonds. The predicted molar refractivity (Wildman–Crippen MR) is 31.6 cm³/mol. The van der Waals surface area contributed by atoms with Gasteiger partial charge in [-0.15, -0.1) is 0 Å². The van der Waals surface area contributed by atoms with Crippen LogP contribution >= 0.6 is 0 Å². The van der Waals surface area contributed by atoms with Crippen molar-refractivity contribution >= 4 is 26.9 Å². The van der Waals surface area contributed by atoms with Crippen molar-refractivity contribution in [2.75, 3.05) is 10.1 Å². The summed E-state index contributed by atoms with van der Waals surface area (Å²) < 4.78 is 8.40. The fraction of sp³-hybridized carbons (Fsp3) is 0. The summed E-state index contributed by atoms with van der Waals surface area (Å²) in [4.78, 5) is 0. The molecular formula is C2H3N6Se. The van der Waals surface area contributed by atoms with Gasteiger partial charge >= 0.3 is 55.9 Å². The van der Waals surface area contributed by atoms with Crippen LogP contribution < -0.4 is 10.1 Å². The minimum atomic E-state index is 0.0550. The molecule has 9 heavy (non-hydrogen) atoms. The van der Waals surface area contributed by atoms with Crippen LogP contribution in [0.2, 0.25) is 0 Å². The van der Waals surface area contributed by atoms with Crippen LogP contribution in [0.1, 0.15) is 0 Å². The molecule has 7 heteroatoms. The molecule has 3 N–H and O–H groups in total. The van der Waals surface area contributed by atoms with E-state index in [1.807, 2.05) is 0 Å². The van der Waals surface area contributed by atoms with E-state index in [9.17, 15) is 0 Å². The third-order valence-corrected chi connectivity index (χ3v) is 2.01. The molecule has 1 aliphatic heterocycles. The fourth-order valence-electron chi connectivity index (χ4n) is 0.538. The zero-order valence-corrected chi connectivity index (χ0v) is 5.99. The molecule has 1 aliphatic rings. The Labute approximate surface area is 56.6 Å². The molecule has 0 fully saturated rings. The van der Waals surface area contributed by atoms with Crippen molar-refractivity contribution in [1.29, 1.82) is 0 Å². The molecule has 2 rings (SSSR count). The van der Waals surface area contributed by atoms with Crippen molar-refractivity contribution in [2.45, 2.75) is 0 Å². The van der Waals surface area contributed by atoms with Crippen molar-refractivity contribution < 1.29 is 0 Å². The number of fused-ring (bicyclic) bond motifs is 1. The molecule has 47 valence electrons. The van der Waals surface area contributed by atoms with Crippen molar-refractivity contribution in [2.24, 2.45) is 4.07 Å². The molecule has 0 aromatic carbocycles. The molecule has 0 atom stereocenters. The summed E-state index contributed by atoms with van der Waals surface area (Å²) in [5.74, 6) is 0.990. The summed E-state index contributed by atoms with van der Waals surface area (Å²) >= 11 is 0.0550. The Morgan fingerprint density at radius 1 is 1.56 bits per heavy atom. The Kier molecular flexibility index (Phi) is 0.826. The topological polar surface area (TPSA) is 81.1 Å². The zero-order valence-electron chi connectivity index (χ0n) is 4.27. The molecule has 6 nitrogen and oxygen atoms in total. The Morgan fingerprint density at radius 2 is 2.44 bits per heavy atom. The average molecular weight is 190 g/mol. The van der Waals surface area contributed by atoms with Gasteiger partial charge < -0.3 is 0 Å². The summed E-state index contributed by atoms with van der Waals surface area (Å²) in [5.41, 5.74) is 5.36. The van der Waals surface area contributed by atoms with Crippen LogP contribution in [0.15, 0.2) is 4.07 Å². The Bertz CT molecular complexity index is 262. The molecule has 2 heterocycles. The number of nitrogen functional groups attached to an aromatic ring is 1. The maximum atomic E-state index is 5.36. The van der Waals surface area contributed by atoms with Crippen LogP contribution in [0.25, 0.3) is 0 Å². The number of aromatic nitrogens is 3. The van der Waals surface area contributed by atoms with E-state index in [0.717, 1.165) is 0 Å². The van der Waals surface area contributed by atoms with Gasteiger partial charge in [-0.25, -0.2) is 0 Å². The van der Waals surface area contributed by atoms with Crippen LogP contribution in [0.3, 0.4) is 0 Å². The Morgan fingerprint density at radius 3 is 3.22 bits per heavy atom. The third-order valence-electron chi connectivity index (χ3n) is 0.924. The first-order chi connectivity index (χ1) is 4.38. The van der Waals surface area contributed by atoms with Gasteiger partial charge in [-0.2, -0.15) is 0 Å². The standard InChI is InChI=1S/C2H3N6Se/c3-1-4-5-2-6-9-7-8(1)2/h(H2,3,4)(H,5,6,7). The van der Waals surface area contributed by atoms with Gasteiger partial charge in [0.15, 0.2) is 0 Å². The molecule has 0 unspecified atom stereocenters. The van der Waals surface area contributed by atoms with E-state index in [1.165, 1.54) is 4.68 Å². The second-order valence-corrected chi connectivity index (χ2v) is 2.62. The maximum absolute atomic E-state index is 5.36. The van der Waals surface area contributed by atoms with E-state index >= 15 is 0 Å². The van der Waals surface area contributed by atoms with Crippen LogP contribution in [-0.2, 0) is 0 Å². The molecule has 1 radical (unpaired) electrons. The van der Waals surface area contributed by atoms with Crippen LogP contribution in [-0.4, -0.2) is 29.9 Å². The van der Waals surface area contributed by atoms with Gasteiger partial charge in [0.2, 0.25) is 0 Å². The minimum absolute atomic E-state index is 0.0550. The normalized spacial score (nSPS) is 13.3. The van der Waals surface area contributed by atoms with Gasteiger partial charge in [0.05, 0.1) is 0 Å². The van der Waals surface area contributed by atoms with Crippen molar-refractivity contribution in [3.05, 3.63) is 0 Å². The molecule has 1 aromatic heterocycles. The zero-order chi connectivity index (χ0) is 6.27. The predicted octanol–water partition coefficient (Wildman–Crippen LogP) is -1.15. The number of nitrogens with two attached hydrogens (primary N) is 1. The van der Waals surface area contributed by atoms with E-state index in [4.69, 9.17) is 5.73 Å². The fourth-order valence-corrected chi connectivity index (χ4v) is 1.57. The SMILES string of the molecule is Nc1nnc2n1N=[Se]N2. The second kappa shape index (κ2) is 1.52. The third kappa shape index (κ3) is 0.554. The summed E-state index contributed by atoms with van der Waals surface area (Å²) in [7, 11) is 0. The second-order valence-electron chi connectivity index (χ2n) is 1.47. The van der Waals surface area contributed by atoms with Gasteiger partial charge in [-0.05, 0) is 0 Å². The van der Waals surface area contributed by atoms with Crippen LogP contribution in [0, 0.1) is 0 Å².